The van der Waals surface area contributed by atoms with Gasteiger partial charge in [0.1, 0.15) is 19.3 Å². The highest BCUT2D eigenvalue weighted by Crippen LogP contribution is 2.19. The van der Waals surface area contributed by atoms with Gasteiger partial charge >= 0.3 is 11.9 Å². The van der Waals surface area contributed by atoms with E-state index in [0.29, 0.717) is 26.1 Å². The summed E-state index contributed by atoms with van der Waals surface area (Å²) in [5, 5.41) is 28.9. The average molecular weight is 888 g/mol. The van der Waals surface area contributed by atoms with E-state index >= 15 is 0 Å². The number of hydrogen-bond acceptors (Lipinski definition) is 11. The van der Waals surface area contributed by atoms with Crippen molar-refractivity contribution < 1.29 is 57.9 Å². The maximum absolute atomic E-state index is 12.3. The number of hydrogen-bond donors (Lipinski definition) is 7. The van der Waals surface area contributed by atoms with Crippen LogP contribution in [0, 0.1) is 0 Å². The first-order chi connectivity index (χ1) is 29.9. The molecular formula is C45H85N5O12. The van der Waals surface area contributed by atoms with Crippen molar-refractivity contribution in [2.24, 2.45) is 5.73 Å². The second kappa shape index (κ2) is 41.6. The van der Waals surface area contributed by atoms with Gasteiger partial charge in [-0.15, -0.1) is 0 Å². The number of amides is 4. The summed E-state index contributed by atoms with van der Waals surface area (Å²) in [7, 11) is 0. The Morgan fingerprint density at radius 2 is 0.903 bits per heavy atom. The largest absolute Gasteiger partial charge is 0.481 e. The molecule has 0 aliphatic heterocycles. The van der Waals surface area contributed by atoms with Crippen LogP contribution in [0.4, 0.5) is 0 Å². The topological polar surface area (TPSA) is 254 Å². The second-order valence-electron chi connectivity index (χ2n) is 16.1. The van der Waals surface area contributed by atoms with Crippen molar-refractivity contribution in [3.63, 3.8) is 0 Å². The van der Waals surface area contributed by atoms with Gasteiger partial charge in [-0.3, -0.25) is 24.0 Å². The number of carbonyl (C=O) groups excluding carboxylic acids is 4. The number of unbranched alkanes of at least 4 members (excludes halogenated alkanes) is 15. The van der Waals surface area contributed by atoms with Gasteiger partial charge in [0.05, 0.1) is 39.6 Å². The first kappa shape index (κ1) is 58.6. The Morgan fingerprint density at radius 1 is 0.484 bits per heavy atom. The zero-order valence-electron chi connectivity index (χ0n) is 38.4. The fourth-order valence-corrected chi connectivity index (χ4v) is 6.58. The molecule has 0 fully saturated rings. The van der Waals surface area contributed by atoms with Crippen molar-refractivity contribution in [3.05, 3.63) is 0 Å². The molecule has 0 rings (SSSR count). The number of carboxylic acids is 2. The van der Waals surface area contributed by atoms with Crippen molar-refractivity contribution in [1.82, 2.24) is 21.3 Å². The van der Waals surface area contributed by atoms with Crippen molar-refractivity contribution in [2.75, 3.05) is 72.5 Å². The van der Waals surface area contributed by atoms with E-state index in [2.05, 4.69) is 35.1 Å². The fourth-order valence-electron chi connectivity index (χ4n) is 6.58. The molecular weight excluding hydrogens is 803 g/mol. The number of rotatable bonds is 46. The third kappa shape index (κ3) is 39.5. The molecule has 0 radical (unpaired) electrons. The lowest BCUT2D eigenvalue weighted by atomic mass is 9.88. The third-order valence-corrected chi connectivity index (χ3v) is 10.8. The molecule has 0 aromatic heterocycles. The molecule has 0 aromatic carbocycles. The van der Waals surface area contributed by atoms with E-state index in [9.17, 15) is 33.9 Å². The lowest BCUT2D eigenvalue weighted by Crippen LogP contribution is -2.41. The van der Waals surface area contributed by atoms with Crippen LogP contribution in [-0.2, 0) is 47.7 Å². The average Bonchev–Trinajstić information content (AvgIpc) is 3.24. The molecule has 62 heavy (non-hydrogen) atoms. The molecule has 0 saturated carbocycles. The zero-order valence-corrected chi connectivity index (χ0v) is 38.4. The molecule has 8 N–H and O–H groups in total. The smallest absolute Gasteiger partial charge is 0.326 e. The minimum Gasteiger partial charge on any atom is -0.481 e. The lowest BCUT2D eigenvalue weighted by molar-refractivity contribution is -0.142. The Kier molecular flexibility index (Phi) is 39.4. The molecule has 0 saturated heterocycles. The number of nitrogens with two attached hydrogens (primary N) is 1. The Morgan fingerprint density at radius 3 is 1.37 bits per heavy atom. The van der Waals surface area contributed by atoms with Gasteiger partial charge in [0.2, 0.25) is 23.6 Å². The van der Waals surface area contributed by atoms with Crippen LogP contribution in [0.1, 0.15) is 168 Å². The highest BCUT2D eigenvalue weighted by molar-refractivity contribution is 5.84. The zero-order chi connectivity index (χ0) is 45.9. The van der Waals surface area contributed by atoms with E-state index in [4.69, 9.17) is 29.8 Å². The molecule has 0 aliphatic rings. The highest BCUT2D eigenvalue weighted by atomic mass is 16.5. The summed E-state index contributed by atoms with van der Waals surface area (Å²) >= 11 is 0. The van der Waals surface area contributed by atoms with E-state index in [1.807, 2.05) is 0 Å². The molecule has 1 atom stereocenters. The Hall–Kier alpha value is -3.38. The van der Waals surface area contributed by atoms with Gasteiger partial charge in [0, 0.05) is 44.4 Å². The van der Waals surface area contributed by atoms with Gasteiger partial charge in [-0.1, -0.05) is 104 Å². The maximum atomic E-state index is 12.3. The molecule has 0 aliphatic carbocycles. The minimum atomic E-state index is -1.18. The molecule has 0 aromatic rings. The van der Waals surface area contributed by atoms with Crippen LogP contribution in [0.15, 0.2) is 0 Å². The molecule has 0 unspecified atom stereocenters. The van der Waals surface area contributed by atoms with E-state index < -0.39 is 18.0 Å². The molecule has 362 valence electrons. The van der Waals surface area contributed by atoms with Crippen LogP contribution < -0.4 is 27.0 Å². The fraction of sp³-hybridized carbons (Fsp3) is 0.867. The van der Waals surface area contributed by atoms with E-state index in [1.54, 1.807) is 0 Å². The quantitative estimate of drug-likeness (QED) is 0.0391. The predicted octanol–water partition coefficient (Wildman–Crippen LogP) is 5.16. The SMILES string of the molecule is CCC(N)(CC)CCCCCNC(=O)COCCOCCNC(=O)COCCOCCNC(=O)CC[C@H](NC(=O)CCCCCCCCCCCCCCCCC(=O)O)C(=O)O. The number of carboxylic acid groups (broad SMARTS) is 2. The molecule has 0 heterocycles. The standard InChI is InChI=1S/C45H85N5O12/c1-3-45(46,4-2)26-20-17-21-27-47-41(53)36-61-34-33-60-31-29-49-42(54)37-62-35-32-59-30-28-48-39(51)25-24-38(44(57)58)50-40(52)22-18-15-13-11-9-7-5-6-8-10-12-14-16-19-23-43(55)56/h38H,3-37,46H2,1-2H3,(H,47,53)(H,48,51)(H,49,54)(H,50,52)(H,55,56)(H,57,58)/t38-/m0/s1. The van der Waals surface area contributed by atoms with Crippen LogP contribution in [0.5, 0.6) is 0 Å². The normalized spacial score (nSPS) is 11.9. The van der Waals surface area contributed by atoms with E-state index in [0.717, 1.165) is 77.0 Å². The van der Waals surface area contributed by atoms with Crippen LogP contribution in [0.3, 0.4) is 0 Å². The Labute approximate surface area is 371 Å². The Balaban J connectivity index is 3.65. The van der Waals surface area contributed by atoms with E-state index in [1.165, 1.54) is 44.9 Å². The summed E-state index contributed by atoms with van der Waals surface area (Å²) in [4.78, 5) is 70.5. The van der Waals surface area contributed by atoms with E-state index in [-0.39, 0.29) is 108 Å². The van der Waals surface area contributed by atoms with Crippen LogP contribution in [0.2, 0.25) is 0 Å². The summed E-state index contributed by atoms with van der Waals surface area (Å²) < 4.78 is 21.4. The van der Waals surface area contributed by atoms with Crippen molar-refractivity contribution in [2.45, 2.75) is 180 Å². The maximum Gasteiger partial charge on any atom is 0.326 e. The van der Waals surface area contributed by atoms with Gasteiger partial charge < -0.3 is 56.2 Å². The summed E-state index contributed by atoms with van der Waals surface area (Å²) in [5.41, 5.74) is 6.25. The molecule has 0 spiro atoms. The second-order valence-corrected chi connectivity index (χ2v) is 16.1. The van der Waals surface area contributed by atoms with Crippen molar-refractivity contribution >= 4 is 35.6 Å². The van der Waals surface area contributed by atoms with Crippen LogP contribution >= 0.6 is 0 Å². The van der Waals surface area contributed by atoms with Crippen molar-refractivity contribution in [1.29, 1.82) is 0 Å². The first-order valence-corrected chi connectivity index (χ1v) is 23.6. The summed E-state index contributed by atoms with van der Waals surface area (Å²) in [5.74, 6) is -3.03. The van der Waals surface area contributed by atoms with Crippen LogP contribution in [-0.4, -0.2) is 130 Å². The summed E-state index contributed by atoms with van der Waals surface area (Å²) in [6.45, 7) is 6.64. The minimum absolute atomic E-state index is 0.0205. The van der Waals surface area contributed by atoms with Gasteiger partial charge in [-0.25, -0.2) is 4.79 Å². The predicted molar refractivity (Wildman–Crippen MR) is 239 cm³/mol. The molecule has 17 heteroatoms. The number of aliphatic carboxylic acids is 2. The molecule has 17 nitrogen and oxygen atoms in total. The summed E-state index contributed by atoms with van der Waals surface area (Å²) in [6.07, 6.45) is 21.5. The third-order valence-electron chi connectivity index (χ3n) is 10.8. The monoisotopic (exact) mass is 888 g/mol. The number of ether oxygens (including phenoxy) is 4. The van der Waals surface area contributed by atoms with Gasteiger partial charge in [0.25, 0.3) is 0 Å². The van der Waals surface area contributed by atoms with Gasteiger partial charge in [0.15, 0.2) is 0 Å². The molecule has 4 amide bonds. The number of nitrogens with one attached hydrogen (secondary N) is 4. The van der Waals surface area contributed by atoms with Crippen LogP contribution in [0.25, 0.3) is 0 Å². The highest BCUT2D eigenvalue weighted by Gasteiger charge is 2.21. The lowest BCUT2D eigenvalue weighted by Gasteiger charge is -2.26. The summed E-state index contributed by atoms with van der Waals surface area (Å²) in [6, 6.07) is -1.14. The molecule has 0 bridgehead atoms. The van der Waals surface area contributed by atoms with Crippen molar-refractivity contribution in [3.8, 4) is 0 Å². The first-order valence-electron chi connectivity index (χ1n) is 23.6. The van der Waals surface area contributed by atoms with Gasteiger partial charge in [-0.2, -0.15) is 0 Å². The van der Waals surface area contributed by atoms with Gasteiger partial charge in [-0.05, 0) is 44.9 Å². The number of carbonyl (C=O) groups is 6. The Bertz CT molecular complexity index is 1170.